The van der Waals surface area contributed by atoms with Gasteiger partial charge in [-0.15, -0.1) is 0 Å². The smallest absolute Gasteiger partial charge is 0.101 e. The van der Waals surface area contributed by atoms with E-state index in [9.17, 15) is 0 Å². The van der Waals surface area contributed by atoms with Crippen LogP contribution >= 0.6 is 0 Å². The first kappa shape index (κ1) is 9.46. The molecule has 2 rings (SSSR count). The average Bonchev–Trinajstić information content (AvgIpc) is 2.47. The Hall–Kier alpha value is -1.09. The van der Waals surface area contributed by atoms with E-state index in [2.05, 4.69) is 55.0 Å². The molecule has 3 heteroatoms. The second kappa shape index (κ2) is 2.95. The zero-order chi connectivity index (χ0) is 10.3. The summed E-state index contributed by atoms with van der Waals surface area (Å²) in [6, 6.07) is 6.29. The Morgan fingerprint density at radius 3 is 2.57 bits per heavy atom. The minimum atomic E-state index is -1.29. The predicted octanol–water partition coefficient (Wildman–Crippen LogP) is 2.42. The van der Waals surface area contributed by atoms with Crippen molar-refractivity contribution in [2.24, 2.45) is 0 Å². The van der Waals surface area contributed by atoms with Gasteiger partial charge in [-0.1, -0.05) is 31.8 Å². The molecule has 0 bridgehead atoms. The topological polar surface area (TPSA) is 28.7 Å². The molecule has 0 spiro atoms. The summed E-state index contributed by atoms with van der Waals surface area (Å²) in [5, 5.41) is 10.3. The summed E-state index contributed by atoms with van der Waals surface area (Å²) >= 11 is 0. The van der Waals surface area contributed by atoms with E-state index in [-0.39, 0.29) is 0 Å². The molecular formula is C11H16N2Si. The maximum absolute atomic E-state index is 4.36. The first-order chi connectivity index (χ1) is 6.50. The SMILES string of the molecule is Cc1cccc2n[nH]c([Si](C)(C)C)c12. The van der Waals surface area contributed by atoms with Crippen LogP contribution < -0.4 is 5.32 Å². The second-order valence-corrected chi connectivity index (χ2v) is 9.82. The number of benzene rings is 1. The van der Waals surface area contributed by atoms with Gasteiger partial charge < -0.3 is 0 Å². The molecule has 1 heterocycles. The van der Waals surface area contributed by atoms with Crippen LogP contribution in [0, 0.1) is 6.92 Å². The summed E-state index contributed by atoms with van der Waals surface area (Å²) in [6.45, 7) is 9.17. The van der Waals surface area contributed by atoms with Crippen molar-refractivity contribution < 1.29 is 0 Å². The van der Waals surface area contributed by atoms with Gasteiger partial charge in [0.05, 0.1) is 5.52 Å². The summed E-state index contributed by atoms with van der Waals surface area (Å²) in [6.07, 6.45) is 0. The molecule has 0 saturated carbocycles. The third-order valence-corrected chi connectivity index (χ3v) is 4.40. The van der Waals surface area contributed by atoms with Gasteiger partial charge >= 0.3 is 0 Å². The number of nitrogens with one attached hydrogen (secondary N) is 1. The zero-order valence-corrected chi connectivity index (χ0v) is 10.2. The van der Waals surface area contributed by atoms with Crippen molar-refractivity contribution in [3.05, 3.63) is 23.8 Å². The lowest BCUT2D eigenvalue weighted by atomic mass is 10.1. The Labute approximate surface area is 85.4 Å². The van der Waals surface area contributed by atoms with Crippen molar-refractivity contribution in [2.75, 3.05) is 0 Å². The molecule has 0 aliphatic carbocycles. The first-order valence-corrected chi connectivity index (χ1v) is 8.44. The number of aryl methyl sites for hydroxylation is 1. The number of hydrogen-bond donors (Lipinski definition) is 1. The third kappa shape index (κ3) is 1.37. The quantitative estimate of drug-likeness (QED) is 0.710. The normalized spacial score (nSPS) is 12.3. The maximum atomic E-state index is 4.36. The van der Waals surface area contributed by atoms with Crippen LogP contribution in [0.1, 0.15) is 5.56 Å². The van der Waals surface area contributed by atoms with Crippen molar-refractivity contribution in [3.8, 4) is 0 Å². The van der Waals surface area contributed by atoms with Crippen molar-refractivity contribution in [3.63, 3.8) is 0 Å². The molecule has 1 aromatic heterocycles. The van der Waals surface area contributed by atoms with Crippen molar-refractivity contribution in [1.29, 1.82) is 0 Å². The molecule has 0 atom stereocenters. The van der Waals surface area contributed by atoms with Crippen LogP contribution in [-0.2, 0) is 0 Å². The third-order valence-electron chi connectivity index (χ3n) is 2.54. The summed E-state index contributed by atoms with van der Waals surface area (Å²) in [5.74, 6) is 0. The van der Waals surface area contributed by atoms with Gasteiger partial charge in [0, 0.05) is 10.7 Å². The molecule has 0 fully saturated rings. The van der Waals surface area contributed by atoms with E-state index >= 15 is 0 Å². The van der Waals surface area contributed by atoms with Crippen LogP contribution in [0.4, 0.5) is 0 Å². The molecule has 0 aliphatic rings. The molecule has 0 unspecified atom stereocenters. The molecule has 0 aliphatic heterocycles. The van der Waals surface area contributed by atoms with Crippen LogP contribution in [-0.4, -0.2) is 18.3 Å². The highest BCUT2D eigenvalue weighted by Gasteiger charge is 2.22. The number of nitrogens with zero attached hydrogens (tertiary/aromatic N) is 1. The summed E-state index contributed by atoms with van der Waals surface area (Å²) < 4.78 is 0. The van der Waals surface area contributed by atoms with Crippen molar-refractivity contribution >= 4 is 24.3 Å². The Kier molecular flexibility index (Phi) is 1.99. The number of aromatic nitrogens is 2. The molecular weight excluding hydrogens is 188 g/mol. The standard InChI is InChI=1S/C11H16N2Si/c1-8-6-5-7-9-10(8)11(13-12-9)14(2,3)4/h5-7H,1-4H3,(H,12,13). The predicted molar refractivity (Wildman–Crippen MR) is 63.8 cm³/mol. The molecule has 0 radical (unpaired) electrons. The number of H-pyrrole nitrogens is 1. The minimum Gasteiger partial charge on any atom is -0.286 e. The van der Waals surface area contributed by atoms with Crippen molar-refractivity contribution in [2.45, 2.75) is 26.6 Å². The fourth-order valence-electron chi connectivity index (χ4n) is 1.79. The van der Waals surface area contributed by atoms with Gasteiger partial charge in [-0.05, 0) is 18.6 Å². The number of rotatable bonds is 1. The van der Waals surface area contributed by atoms with E-state index in [1.165, 1.54) is 16.3 Å². The summed E-state index contributed by atoms with van der Waals surface area (Å²) in [4.78, 5) is 0. The van der Waals surface area contributed by atoms with E-state index in [1.54, 1.807) is 0 Å². The molecule has 2 nitrogen and oxygen atoms in total. The van der Waals surface area contributed by atoms with Crippen LogP contribution in [0.5, 0.6) is 0 Å². The first-order valence-electron chi connectivity index (χ1n) is 4.94. The monoisotopic (exact) mass is 204 g/mol. The molecule has 0 amide bonds. The lowest BCUT2D eigenvalue weighted by Crippen LogP contribution is -2.39. The molecule has 14 heavy (non-hydrogen) atoms. The van der Waals surface area contributed by atoms with Crippen LogP contribution in [0.2, 0.25) is 19.6 Å². The van der Waals surface area contributed by atoms with E-state index in [1.807, 2.05) is 0 Å². The van der Waals surface area contributed by atoms with Crippen molar-refractivity contribution in [1.82, 2.24) is 10.2 Å². The van der Waals surface area contributed by atoms with Gasteiger partial charge in [-0.3, -0.25) is 5.10 Å². The molecule has 1 N–H and O–H groups in total. The highest BCUT2D eigenvalue weighted by molar-refractivity contribution is 6.89. The maximum Gasteiger partial charge on any atom is 0.101 e. The number of hydrogen-bond acceptors (Lipinski definition) is 1. The van der Waals surface area contributed by atoms with Gasteiger partial charge in [-0.2, -0.15) is 5.10 Å². The van der Waals surface area contributed by atoms with Gasteiger partial charge in [0.15, 0.2) is 0 Å². The highest BCUT2D eigenvalue weighted by Crippen LogP contribution is 2.16. The van der Waals surface area contributed by atoms with Gasteiger partial charge in [0.1, 0.15) is 8.07 Å². The Morgan fingerprint density at radius 1 is 1.21 bits per heavy atom. The van der Waals surface area contributed by atoms with Gasteiger partial charge in [0.25, 0.3) is 0 Å². The number of aromatic amines is 1. The largest absolute Gasteiger partial charge is 0.286 e. The lowest BCUT2D eigenvalue weighted by molar-refractivity contribution is 1.14. The summed E-state index contributed by atoms with van der Waals surface area (Å²) in [5.41, 5.74) is 2.43. The Morgan fingerprint density at radius 2 is 1.93 bits per heavy atom. The van der Waals surface area contributed by atoms with E-state index in [0.717, 1.165) is 5.52 Å². The van der Waals surface area contributed by atoms with Gasteiger partial charge in [0.2, 0.25) is 0 Å². The molecule has 0 saturated heterocycles. The molecule has 2 aromatic rings. The van der Waals surface area contributed by atoms with Crippen LogP contribution in [0.3, 0.4) is 0 Å². The Balaban J connectivity index is 2.80. The fraction of sp³-hybridized carbons (Fsp3) is 0.364. The van der Waals surface area contributed by atoms with E-state index in [4.69, 9.17) is 0 Å². The van der Waals surface area contributed by atoms with E-state index < -0.39 is 8.07 Å². The second-order valence-electron chi connectivity index (χ2n) is 4.82. The van der Waals surface area contributed by atoms with Crippen LogP contribution in [0.25, 0.3) is 10.9 Å². The van der Waals surface area contributed by atoms with E-state index in [0.29, 0.717) is 0 Å². The molecule has 1 aromatic carbocycles. The average molecular weight is 204 g/mol. The summed E-state index contributed by atoms with van der Waals surface area (Å²) in [7, 11) is -1.29. The Bertz CT molecular complexity index is 466. The minimum absolute atomic E-state index is 1.10. The van der Waals surface area contributed by atoms with Crippen LogP contribution in [0.15, 0.2) is 18.2 Å². The fourth-order valence-corrected chi connectivity index (χ4v) is 3.25. The van der Waals surface area contributed by atoms with Gasteiger partial charge in [-0.25, -0.2) is 0 Å². The number of fused-ring (bicyclic) bond motifs is 1. The highest BCUT2D eigenvalue weighted by atomic mass is 28.3. The lowest BCUT2D eigenvalue weighted by Gasteiger charge is -2.14. The molecule has 74 valence electrons. The zero-order valence-electron chi connectivity index (χ0n) is 9.18.